The van der Waals surface area contributed by atoms with Gasteiger partial charge in [0.15, 0.2) is 0 Å². The minimum atomic E-state index is -4.55. The van der Waals surface area contributed by atoms with Crippen molar-refractivity contribution >= 4 is 21.9 Å². The molecule has 0 atom stereocenters. The molecular formula is C17H17F3N4O2S. The van der Waals surface area contributed by atoms with Gasteiger partial charge in [-0.15, -0.1) is 0 Å². The average Bonchev–Trinajstić information content (AvgIpc) is 2.67. The number of alkyl halides is 3. The fraction of sp³-hybridized carbons (Fsp3) is 0.294. The summed E-state index contributed by atoms with van der Waals surface area (Å²) in [5.41, 5.74) is -0.256. The van der Waals surface area contributed by atoms with E-state index in [9.17, 15) is 21.6 Å². The van der Waals surface area contributed by atoms with Crippen molar-refractivity contribution in [3.05, 3.63) is 59.4 Å². The molecule has 0 N–H and O–H groups in total. The molecule has 27 heavy (non-hydrogen) atoms. The first-order valence-corrected chi connectivity index (χ1v) is 9.63. The lowest BCUT2D eigenvalue weighted by molar-refractivity contribution is -0.141. The third-order valence-electron chi connectivity index (χ3n) is 4.10. The van der Waals surface area contributed by atoms with Crippen LogP contribution in [0.4, 0.5) is 19.0 Å². The van der Waals surface area contributed by atoms with Crippen molar-refractivity contribution in [1.82, 2.24) is 14.3 Å². The predicted octanol–water partition coefficient (Wildman–Crippen LogP) is 2.62. The topological polar surface area (TPSA) is 66.4 Å². The molecule has 1 saturated heterocycles. The summed E-state index contributed by atoms with van der Waals surface area (Å²) >= 11 is 0. The van der Waals surface area contributed by atoms with Gasteiger partial charge in [0.25, 0.3) is 0 Å². The monoisotopic (exact) mass is 398 g/mol. The normalized spacial score (nSPS) is 16.8. The summed E-state index contributed by atoms with van der Waals surface area (Å²) in [6.45, 7) is 0.805. The fourth-order valence-corrected chi connectivity index (χ4v) is 3.83. The Hall–Kier alpha value is -2.46. The standard InChI is InChI=1S/C17H17F3N4O2S/c18-17(19,20)15-12-16(22-13-21-15)23-7-9-24(10-8-23)27(25,26)11-6-14-4-2-1-3-5-14/h1-6,11-13H,7-10H2/b11-6+. The second-order valence-corrected chi connectivity index (χ2v) is 7.72. The number of piperazine rings is 1. The molecule has 1 aromatic heterocycles. The van der Waals surface area contributed by atoms with Gasteiger partial charge in [-0.05, 0) is 11.6 Å². The Kier molecular flexibility index (Phi) is 5.47. The number of nitrogens with zero attached hydrogens (tertiary/aromatic N) is 4. The quantitative estimate of drug-likeness (QED) is 0.792. The third kappa shape index (κ3) is 4.83. The molecule has 0 spiro atoms. The van der Waals surface area contributed by atoms with Crippen molar-refractivity contribution < 1.29 is 21.6 Å². The molecule has 6 nitrogen and oxygen atoms in total. The second kappa shape index (κ2) is 7.65. The van der Waals surface area contributed by atoms with Gasteiger partial charge in [0.1, 0.15) is 17.8 Å². The highest BCUT2D eigenvalue weighted by atomic mass is 32.2. The van der Waals surface area contributed by atoms with E-state index in [4.69, 9.17) is 0 Å². The molecule has 0 radical (unpaired) electrons. The average molecular weight is 398 g/mol. The van der Waals surface area contributed by atoms with E-state index in [1.54, 1.807) is 17.0 Å². The molecular weight excluding hydrogens is 381 g/mol. The van der Waals surface area contributed by atoms with Crippen LogP contribution in [0.1, 0.15) is 11.3 Å². The Balaban J connectivity index is 1.66. The molecule has 0 saturated carbocycles. The smallest absolute Gasteiger partial charge is 0.354 e. The summed E-state index contributed by atoms with van der Waals surface area (Å²) in [5.74, 6) is 0.134. The van der Waals surface area contributed by atoms with Gasteiger partial charge in [-0.25, -0.2) is 18.4 Å². The Morgan fingerprint density at radius 2 is 1.67 bits per heavy atom. The maximum atomic E-state index is 12.8. The van der Waals surface area contributed by atoms with Gasteiger partial charge in [0, 0.05) is 37.7 Å². The first kappa shape index (κ1) is 19.3. The molecule has 1 aromatic carbocycles. The van der Waals surface area contributed by atoms with Gasteiger partial charge in [-0.3, -0.25) is 0 Å². The van der Waals surface area contributed by atoms with Gasteiger partial charge in [0.2, 0.25) is 10.0 Å². The lowest BCUT2D eigenvalue weighted by Crippen LogP contribution is -2.48. The molecule has 1 aliphatic rings. The van der Waals surface area contributed by atoms with Crippen LogP contribution >= 0.6 is 0 Å². The van der Waals surface area contributed by atoms with Crippen LogP contribution in [0.25, 0.3) is 6.08 Å². The van der Waals surface area contributed by atoms with Crippen LogP contribution in [0.3, 0.4) is 0 Å². The number of halogens is 3. The van der Waals surface area contributed by atoms with Crippen molar-refractivity contribution in [3.8, 4) is 0 Å². The van der Waals surface area contributed by atoms with Crippen molar-refractivity contribution in [3.63, 3.8) is 0 Å². The zero-order chi connectivity index (χ0) is 19.5. The van der Waals surface area contributed by atoms with Gasteiger partial charge < -0.3 is 4.90 Å². The maximum Gasteiger partial charge on any atom is 0.433 e. The largest absolute Gasteiger partial charge is 0.433 e. The summed E-state index contributed by atoms with van der Waals surface area (Å²) in [4.78, 5) is 8.72. The Morgan fingerprint density at radius 3 is 2.30 bits per heavy atom. The highest BCUT2D eigenvalue weighted by Crippen LogP contribution is 2.29. The number of anilines is 1. The van der Waals surface area contributed by atoms with Crippen LogP contribution in [0.2, 0.25) is 0 Å². The SMILES string of the molecule is O=S(=O)(/C=C/c1ccccc1)N1CCN(c2cc(C(F)(F)F)ncn2)CC1. The van der Waals surface area contributed by atoms with Crippen molar-refractivity contribution in [2.75, 3.05) is 31.1 Å². The maximum absolute atomic E-state index is 12.8. The van der Waals surface area contributed by atoms with Crippen LogP contribution in [0.5, 0.6) is 0 Å². The van der Waals surface area contributed by atoms with Crippen LogP contribution < -0.4 is 4.90 Å². The number of hydrogen-bond donors (Lipinski definition) is 0. The molecule has 0 bridgehead atoms. The molecule has 1 aliphatic heterocycles. The second-order valence-electron chi connectivity index (χ2n) is 5.90. The first-order valence-electron chi connectivity index (χ1n) is 8.13. The van der Waals surface area contributed by atoms with E-state index in [1.807, 2.05) is 18.2 Å². The minimum absolute atomic E-state index is 0.134. The van der Waals surface area contributed by atoms with Crippen molar-refractivity contribution in [2.24, 2.45) is 0 Å². The molecule has 0 aliphatic carbocycles. The number of benzene rings is 1. The van der Waals surface area contributed by atoms with Crippen LogP contribution in [-0.4, -0.2) is 48.9 Å². The van der Waals surface area contributed by atoms with Gasteiger partial charge in [-0.2, -0.15) is 17.5 Å². The van der Waals surface area contributed by atoms with Crippen molar-refractivity contribution in [2.45, 2.75) is 6.18 Å². The van der Waals surface area contributed by atoms with Crippen LogP contribution in [0.15, 0.2) is 48.1 Å². The summed E-state index contributed by atoms with van der Waals surface area (Å²) < 4.78 is 64.5. The Morgan fingerprint density at radius 1 is 1.00 bits per heavy atom. The zero-order valence-electron chi connectivity index (χ0n) is 14.2. The molecule has 144 valence electrons. The predicted molar refractivity (Wildman–Crippen MR) is 95.2 cm³/mol. The lowest BCUT2D eigenvalue weighted by atomic mass is 10.2. The van der Waals surface area contributed by atoms with E-state index < -0.39 is 21.9 Å². The van der Waals surface area contributed by atoms with Crippen LogP contribution in [-0.2, 0) is 16.2 Å². The summed E-state index contributed by atoms with van der Waals surface area (Å²) in [6.07, 6.45) is -2.17. The molecule has 10 heteroatoms. The first-order chi connectivity index (χ1) is 12.8. The summed E-state index contributed by atoms with van der Waals surface area (Å²) in [6, 6.07) is 9.90. The van der Waals surface area contributed by atoms with Gasteiger partial charge in [0.05, 0.1) is 0 Å². The van der Waals surface area contributed by atoms with E-state index in [-0.39, 0.29) is 32.0 Å². The fourth-order valence-electron chi connectivity index (χ4n) is 2.66. The third-order valence-corrected chi connectivity index (χ3v) is 5.66. The van der Waals surface area contributed by atoms with E-state index >= 15 is 0 Å². The van der Waals surface area contributed by atoms with E-state index in [2.05, 4.69) is 9.97 Å². The lowest BCUT2D eigenvalue weighted by Gasteiger charge is -2.34. The van der Waals surface area contributed by atoms with E-state index in [1.165, 1.54) is 10.4 Å². The molecule has 0 amide bonds. The highest BCUT2D eigenvalue weighted by molar-refractivity contribution is 7.92. The van der Waals surface area contributed by atoms with E-state index in [0.717, 1.165) is 23.4 Å². The Labute approximate surface area is 155 Å². The van der Waals surface area contributed by atoms with Crippen molar-refractivity contribution in [1.29, 1.82) is 0 Å². The number of aromatic nitrogens is 2. The zero-order valence-corrected chi connectivity index (χ0v) is 15.0. The molecule has 2 heterocycles. The molecule has 1 fully saturated rings. The molecule has 0 unspecified atom stereocenters. The molecule has 2 aromatic rings. The number of rotatable bonds is 4. The summed E-state index contributed by atoms with van der Waals surface area (Å²) in [7, 11) is -3.61. The number of hydrogen-bond acceptors (Lipinski definition) is 5. The minimum Gasteiger partial charge on any atom is -0.354 e. The van der Waals surface area contributed by atoms with Gasteiger partial charge in [-0.1, -0.05) is 30.3 Å². The summed E-state index contributed by atoms with van der Waals surface area (Å²) in [5, 5.41) is 1.14. The van der Waals surface area contributed by atoms with Gasteiger partial charge >= 0.3 is 6.18 Å². The van der Waals surface area contributed by atoms with E-state index in [0.29, 0.717) is 0 Å². The highest BCUT2D eigenvalue weighted by Gasteiger charge is 2.34. The van der Waals surface area contributed by atoms with Crippen LogP contribution in [0, 0.1) is 0 Å². The number of sulfonamides is 1. The Bertz CT molecular complexity index is 909. The molecule has 3 rings (SSSR count).